The molecule has 18 heavy (non-hydrogen) atoms. The number of rotatable bonds is 2. The lowest BCUT2D eigenvalue weighted by Gasteiger charge is -2.20. The standard InChI is InChI=1S/C12H16F2N2O2/c1-12(2,3)18-11(17)16-9-5-7(6-15)4-8(13)10(9)14/h4-5H,6,15H2,1-3H3,(H,16,17). The first-order valence-corrected chi connectivity index (χ1v) is 5.41. The summed E-state index contributed by atoms with van der Waals surface area (Å²) >= 11 is 0. The Morgan fingerprint density at radius 1 is 1.39 bits per heavy atom. The molecule has 0 aliphatic heterocycles. The molecule has 1 aromatic carbocycles. The first-order valence-electron chi connectivity index (χ1n) is 5.41. The van der Waals surface area contributed by atoms with Crippen LogP contribution in [0, 0.1) is 11.6 Å². The minimum atomic E-state index is -1.14. The zero-order valence-electron chi connectivity index (χ0n) is 10.5. The molecule has 6 heteroatoms. The highest BCUT2D eigenvalue weighted by atomic mass is 19.2. The number of anilines is 1. The first-order chi connectivity index (χ1) is 8.23. The van der Waals surface area contributed by atoms with Crippen molar-refractivity contribution in [2.45, 2.75) is 32.9 Å². The van der Waals surface area contributed by atoms with Crippen LogP contribution >= 0.6 is 0 Å². The topological polar surface area (TPSA) is 64.3 Å². The van der Waals surface area contributed by atoms with Crippen LogP contribution in [-0.2, 0) is 11.3 Å². The summed E-state index contributed by atoms with van der Waals surface area (Å²) in [5.41, 5.74) is 4.71. The van der Waals surface area contributed by atoms with Crippen molar-refractivity contribution in [2.75, 3.05) is 5.32 Å². The molecule has 0 heterocycles. The highest BCUT2D eigenvalue weighted by Gasteiger charge is 2.18. The molecule has 3 N–H and O–H groups in total. The van der Waals surface area contributed by atoms with Crippen molar-refractivity contribution in [3.63, 3.8) is 0 Å². The van der Waals surface area contributed by atoms with E-state index in [-0.39, 0.29) is 12.2 Å². The van der Waals surface area contributed by atoms with Crippen LogP contribution in [0.3, 0.4) is 0 Å². The lowest BCUT2D eigenvalue weighted by Crippen LogP contribution is -2.27. The monoisotopic (exact) mass is 258 g/mol. The smallest absolute Gasteiger partial charge is 0.412 e. The quantitative estimate of drug-likeness (QED) is 0.857. The van der Waals surface area contributed by atoms with Crippen molar-refractivity contribution < 1.29 is 18.3 Å². The Bertz CT molecular complexity index is 456. The lowest BCUT2D eigenvalue weighted by molar-refractivity contribution is 0.0635. The van der Waals surface area contributed by atoms with Crippen LogP contribution in [0.1, 0.15) is 26.3 Å². The summed E-state index contributed by atoms with van der Waals surface area (Å²) < 4.78 is 31.6. The number of hydrogen-bond acceptors (Lipinski definition) is 3. The van der Waals surface area contributed by atoms with Gasteiger partial charge in [-0.15, -0.1) is 0 Å². The number of carbonyl (C=O) groups excluding carboxylic acids is 1. The summed E-state index contributed by atoms with van der Waals surface area (Å²) in [6.07, 6.45) is -0.852. The van der Waals surface area contributed by atoms with E-state index in [1.165, 1.54) is 6.07 Å². The molecule has 100 valence electrons. The van der Waals surface area contributed by atoms with E-state index in [4.69, 9.17) is 10.5 Å². The summed E-state index contributed by atoms with van der Waals surface area (Å²) in [4.78, 5) is 11.4. The minimum Gasteiger partial charge on any atom is -0.444 e. The third kappa shape index (κ3) is 3.96. The second-order valence-electron chi connectivity index (χ2n) is 4.77. The van der Waals surface area contributed by atoms with Gasteiger partial charge in [-0.2, -0.15) is 0 Å². The van der Waals surface area contributed by atoms with Gasteiger partial charge in [-0.1, -0.05) is 0 Å². The molecule has 0 spiro atoms. The van der Waals surface area contributed by atoms with E-state index in [1.54, 1.807) is 20.8 Å². The van der Waals surface area contributed by atoms with Crippen LogP contribution in [0.5, 0.6) is 0 Å². The molecule has 4 nitrogen and oxygen atoms in total. The van der Waals surface area contributed by atoms with Crippen molar-refractivity contribution in [1.82, 2.24) is 0 Å². The van der Waals surface area contributed by atoms with Gasteiger partial charge in [-0.25, -0.2) is 13.6 Å². The van der Waals surface area contributed by atoms with Gasteiger partial charge in [-0.05, 0) is 38.5 Å². The van der Waals surface area contributed by atoms with E-state index in [0.717, 1.165) is 6.07 Å². The van der Waals surface area contributed by atoms with Gasteiger partial charge in [-0.3, -0.25) is 5.32 Å². The molecule has 0 atom stereocenters. The summed E-state index contributed by atoms with van der Waals surface area (Å²) in [6.45, 7) is 5.04. The Kier molecular flexibility index (Phi) is 4.24. The van der Waals surface area contributed by atoms with Gasteiger partial charge < -0.3 is 10.5 Å². The van der Waals surface area contributed by atoms with Gasteiger partial charge in [0.2, 0.25) is 0 Å². The zero-order chi connectivity index (χ0) is 13.9. The fourth-order valence-electron chi connectivity index (χ4n) is 1.27. The first kappa shape index (κ1) is 14.4. The molecule has 0 aliphatic carbocycles. The molecular weight excluding hydrogens is 242 g/mol. The molecule has 0 fully saturated rings. The highest BCUT2D eigenvalue weighted by Crippen LogP contribution is 2.20. The molecule has 0 aliphatic rings. The number of ether oxygens (including phenoxy) is 1. The van der Waals surface area contributed by atoms with Crippen LogP contribution in [0.4, 0.5) is 19.3 Å². The van der Waals surface area contributed by atoms with E-state index in [2.05, 4.69) is 5.32 Å². The van der Waals surface area contributed by atoms with Gasteiger partial charge in [0.15, 0.2) is 11.6 Å². The van der Waals surface area contributed by atoms with Crippen molar-refractivity contribution >= 4 is 11.8 Å². The summed E-state index contributed by atoms with van der Waals surface area (Å²) in [7, 11) is 0. The molecule has 0 radical (unpaired) electrons. The fraction of sp³-hybridized carbons (Fsp3) is 0.417. The summed E-state index contributed by atoms with van der Waals surface area (Å²) in [5, 5.41) is 2.15. The van der Waals surface area contributed by atoms with Gasteiger partial charge in [0, 0.05) is 6.54 Å². The Morgan fingerprint density at radius 2 is 2.00 bits per heavy atom. The largest absolute Gasteiger partial charge is 0.444 e. The number of benzene rings is 1. The number of carbonyl (C=O) groups is 1. The molecule has 0 saturated carbocycles. The Morgan fingerprint density at radius 3 is 2.50 bits per heavy atom. The van der Waals surface area contributed by atoms with Gasteiger partial charge in [0.1, 0.15) is 5.60 Å². The molecule has 1 aromatic rings. The molecule has 0 aromatic heterocycles. The molecular formula is C12H16F2N2O2. The summed E-state index contributed by atoms with van der Waals surface area (Å²) in [5.74, 6) is -2.21. The maximum Gasteiger partial charge on any atom is 0.412 e. The van der Waals surface area contributed by atoms with Crippen LogP contribution in [-0.4, -0.2) is 11.7 Å². The van der Waals surface area contributed by atoms with Gasteiger partial charge >= 0.3 is 6.09 Å². The van der Waals surface area contributed by atoms with E-state index in [9.17, 15) is 13.6 Å². The number of amides is 1. The highest BCUT2D eigenvalue weighted by molar-refractivity contribution is 5.85. The average molecular weight is 258 g/mol. The minimum absolute atomic E-state index is 0.0419. The third-order valence-electron chi connectivity index (χ3n) is 1.96. The molecule has 0 bridgehead atoms. The van der Waals surface area contributed by atoms with E-state index < -0.39 is 23.3 Å². The SMILES string of the molecule is CC(C)(C)OC(=O)Nc1cc(CN)cc(F)c1F. The van der Waals surface area contributed by atoms with Crippen LogP contribution in [0.25, 0.3) is 0 Å². The van der Waals surface area contributed by atoms with Gasteiger partial charge in [0.25, 0.3) is 0 Å². The lowest BCUT2D eigenvalue weighted by atomic mass is 10.2. The maximum absolute atomic E-state index is 13.4. The second-order valence-corrected chi connectivity index (χ2v) is 4.77. The Hall–Kier alpha value is -1.69. The number of halogens is 2. The molecule has 1 amide bonds. The number of hydrogen-bond donors (Lipinski definition) is 2. The van der Waals surface area contributed by atoms with Crippen LogP contribution < -0.4 is 11.1 Å². The predicted molar refractivity (Wildman–Crippen MR) is 64.1 cm³/mol. The predicted octanol–water partition coefficient (Wildman–Crippen LogP) is 2.77. The van der Waals surface area contributed by atoms with Crippen molar-refractivity contribution in [2.24, 2.45) is 5.73 Å². The normalized spacial score (nSPS) is 11.2. The van der Waals surface area contributed by atoms with E-state index in [0.29, 0.717) is 5.56 Å². The number of nitrogens with one attached hydrogen (secondary N) is 1. The van der Waals surface area contributed by atoms with Crippen molar-refractivity contribution in [1.29, 1.82) is 0 Å². The Labute approximate surface area is 104 Å². The molecule has 0 unspecified atom stereocenters. The van der Waals surface area contributed by atoms with Crippen LogP contribution in [0.2, 0.25) is 0 Å². The number of nitrogens with two attached hydrogens (primary N) is 1. The van der Waals surface area contributed by atoms with Crippen molar-refractivity contribution in [3.8, 4) is 0 Å². The summed E-state index contributed by atoms with van der Waals surface area (Å²) in [6, 6.07) is 2.25. The van der Waals surface area contributed by atoms with E-state index >= 15 is 0 Å². The average Bonchev–Trinajstić information content (AvgIpc) is 2.21. The third-order valence-corrected chi connectivity index (χ3v) is 1.96. The maximum atomic E-state index is 13.4. The van der Waals surface area contributed by atoms with Gasteiger partial charge in [0.05, 0.1) is 5.69 Å². The molecule has 1 rings (SSSR count). The second kappa shape index (κ2) is 5.30. The fourth-order valence-corrected chi connectivity index (χ4v) is 1.27. The molecule has 0 saturated heterocycles. The zero-order valence-corrected chi connectivity index (χ0v) is 10.5. The van der Waals surface area contributed by atoms with Crippen molar-refractivity contribution in [3.05, 3.63) is 29.3 Å². The van der Waals surface area contributed by atoms with E-state index in [1.807, 2.05) is 0 Å². The van der Waals surface area contributed by atoms with Crippen LogP contribution in [0.15, 0.2) is 12.1 Å². The Balaban J connectivity index is 2.90.